The molecule has 0 unspecified atom stereocenters. The van der Waals surface area contributed by atoms with E-state index in [1.807, 2.05) is 0 Å². The Bertz CT molecular complexity index is 267. The van der Waals surface area contributed by atoms with Crippen LogP contribution in [-0.2, 0) is 4.79 Å². The molecule has 1 heterocycles. The molecular formula is C8H10F6N2O. The number of rotatable bonds is 1. The van der Waals surface area contributed by atoms with Gasteiger partial charge in [-0.05, 0) is 0 Å². The number of alkyl halides is 6. The van der Waals surface area contributed by atoms with Crippen molar-refractivity contribution in [1.82, 2.24) is 10.2 Å². The first-order valence-corrected chi connectivity index (χ1v) is 4.77. The normalized spacial score (nSPS) is 18.6. The number of piperazine rings is 1. The lowest BCUT2D eigenvalue weighted by Gasteiger charge is -2.32. The molecule has 0 atom stereocenters. The second-order valence-electron chi connectivity index (χ2n) is 3.59. The smallest absolute Gasteiger partial charge is 0.339 e. The van der Waals surface area contributed by atoms with E-state index in [4.69, 9.17) is 0 Å². The fourth-order valence-corrected chi connectivity index (χ4v) is 1.53. The Labute approximate surface area is 92.8 Å². The Morgan fingerprint density at radius 3 is 1.76 bits per heavy atom. The molecule has 17 heavy (non-hydrogen) atoms. The molecule has 9 heteroatoms. The van der Waals surface area contributed by atoms with E-state index in [1.165, 1.54) is 0 Å². The van der Waals surface area contributed by atoms with Crippen LogP contribution in [0.4, 0.5) is 26.3 Å². The van der Waals surface area contributed by atoms with Gasteiger partial charge in [0.15, 0.2) is 0 Å². The van der Waals surface area contributed by atoms with Crippen LogP contribution >= 0.6 is 0 Å². The van der Waals surface area contributed by atoms with Gasteiger partial charge in [0, 0.05) is 26.2 Å². The minimum Gasteiger partial charge on any atom is -0.339 e. The molecule has 1 fully saturated rings. The molecule has 1 aliphatic rings. The Balaban J connectivity index is 2.87. The van der Waals surface area contributed by atoms with E-state index in [1.54, 1.807) is 0 Å². The first-order valence-electron chi connectivity index (χ1n) is 4.77. The SMILES string of the molecule is O=C(C(C(F)(F)F)C(F)(F)F)N1CCNCC1. The fourth-order valence-electron chi connectivity index (χ4n) is 1.53. The van der Waals surface area contributed by atoms with Crippen molar-refractivity contribution in [2.24, 2.45) is 5.92 Å². The molecule has 0 aromatic heterocycles. The van der Waals surface area contributed by atoms with Gasteiger partial charge in [-0.1, -0.05) is 0 Å². The monoisotopic (exact) mass is 264 g/mol. The topological polar surface area (TPSA) is 32.3 Å². The van der Waals surface area contributed by atoms with Crippen LogP contribution in [-0.4, -0.2) is 49.3 Å². The summed E-state index contributed by atoms with van der Waals surface area (Å²) < 4.78 is 73.4. The van der Waals surface area contributed by atoms with Crippen molar-refractivity contribution in [1.29, 1.82) is 0 Å². The van der Waals surface area contributed by atoms with Crippen molar-refractivity contribution in [2.45, 2.75) is 12.4 Å². The summed E-state index contributed by atoms with van der Waals surface area (Å²) in [6, 6.07) is 0. The summed E-state index contributed by atoms with van der Waals surface area (Å²) in [4.78, 5) is 11.8. The second-order valence-corrected chi connectivity index (χ2v) is 3.59. The third-order valence-corrected chi connectivity index (χ3v) is 2.33. The molecule has 1 amide bonds. The number of hydrogen-bond acceptors (Lipinski definition) is 2. The van der Waals surface area contributed by atoms with Gasteiger partial charge in [0.25, 0.3) is 0 Å². The number of nitrogens with one attached hydrogen (secondary N) is 1. The highest BCUT2D eigenvalue weighted by Gasteiger charge is 2.62. The highest BCUT2D eigenvalue weighted by molar-refractivity contribution is 5.80. The van der Waals surface area contributed by atoms with Crippen LogP contribution in [0.3, 0.4) is 0 Å². The molecule has 0 radical (unpaired) electrons. The van der Waals surface area contributed by atoms with Crippen LogP contribution in [0.15, 0.2) is 0 Å². The largest absolute Gasteiger partial charge is 0.409 e. The molecule has 1 saturated heterocycles. The number of carbonyl (C=O) groups is 1. The standard InChI is InChI=1S/C8H10F6N2O/c9-7(10,11)5(8(12,13)14)6(17)16-3-1-15-2-4-16/h5,15H,1-4H2. The van der Waals surface area contributed by atoms with Crippen LogP contribution in [0, 0.1) is 5.92 Å². The summed E-state index contributed by atoms with van der Waals surface area (Å²) in [6.07, 6.45) is -11.2. The molecule has 0 aromatic carbocycles. The van der Waals surface area contributed by atoms with Gasteiger partial charge in [-0.3, -0.25) is 4.79 Å². The third kappa shape index (κ3) is 3.48. The summed E-state index contributed by atoms with van der Waals surface area (Å²) in [5, 5.41) is 2.73. The lowest BCUT2D eigenvalue weighted by Crippen LogP contribution is -2.54. The fraction of sp³-hybridized carbons (Fsp3) is 0.875. The van der Waals surface area contributed by atoms with Gasteiger partial charge in [0.05, 0.1) is 0 Å². The van der Waals surface area contributed by atoms with E-state index < -0.39 is 24.2 Å². The molecule has 100 valence electrons. The maximum Gasteiger partial charge on any atom is 0.409 e. The highest BCUT2D eigenvalue weighted by atomic mass is 19.4. The minimum atomic E-state index is -5.61. The van der Waals surface area contributed by atoms with Gasteiger partial charge in [0.1, 0.15) is 0 Å². The molecule has 1 N–H and O–H groups in total. The van der Waals surface area contributed by atoms with Crippen LogP contribution in [0.5, 0.6) is 0 Å². The number of carbonyl (C=O) groups excluding carboxylic acids is 1. The zero-order valence-electron chi connectivity index (χ0n) is 8.53. The highest BCUT2D eigenvalue weighted by Crippen LogP contribution is 2.40. The van der Waals surface area contributed by atoms with Gasteiger partial charge < -0.3 is 10.2 Å². The summed E-state index contributed by atoms with van der Waals surface area (Å²) in [7, 11) is 0. The van der Waals surface area contributed by atoms with Crippen LogP contribution < -0.4 is 5.32 Å². The van der Waals surface area contributed by atoms with Crippen LogP contribution in [0.2, 0.25) is 0 Å². The van der Waals surface area contributed by atoms with Crippen molar-refractivity contribution >= 4 is 5.91 Å². The Hall–Kier alpha value is -0.990. The molecule has 3 nitrogen and oxygen atoms in total. The molecule has 0 aliphatic carbocycles. The maximum atomic E-state index is 12.2. The predicted octanol–water partition coefficient (Wildman–Crippen LogP) is 1.16. The number of hydrogen-bond donors (Lipinski definition) is 1. The average molecular weight is 264 g/mol. The third-order valence-electron chi connectivity index (χ3n) is 2.33. The maximum absolute atomic E-state index is 12.2. The zero-order chi connectivity index (χ0) is 13.3. The molecule has 0 aromatic rings. The van der Waals surface area contributed by atoms with Gasteiger partial charge in [-0.25, -0.2) is 0 Å². The van der Waals surface area contributed by atoms with E-state index in [2.05, 4.69) is 5.32 Å². The van der Waals surface area contributed by atoms with Crippen LogP contribution in [0.25, 0.3) is 0 Å². The molecule has 0 saturated carbocycles. The van der Waals surface area contributed by atoms with Crippen molar-refractivity contribution in [3.05, 3.63) is 0 Å². The van der Waals surface area contributed by atoms with Crippen molar-refractivity contribution in [3.8, 4) is 0 Å². The summed E-state index contributed by atoms with van der Waals surface area (Å²) in [6.45, 7) is 0.0747. The summed E-state index contributed by atoms with van der Waals surface area (Å²) >= 11 is 0. The number of nitrogens with zero attached hydrogens (tertiary/aromatic N) is 1. The van der Waals surface area contributed by atoms with Crippen LogP contribution in [0.1, 0.15) is 0 Å². The van der Waals surface area contributed by atoms with E-state index in [9.17, 15) is 31.1 Å². The van der Waals surface area contributed by atoms with E-state index in [0.717, 1.165) is 0 Å². The Morgan fingerprint density at radius 2 is 1.41 bits per heavy atom. The Kier molecular flexibility index (Phi) is 3.90. The molecule has 1 aliphatic heterocycles. The van der Waals surface area contributed by atoms with Gasteiger partial charge in [-0.2, -0.15) is 26.3 Å². The lowest BCUT2D eigenvalue weighted by atomic mass is 10.1. The van der Waals surface area contributed by atoms with Gasteiger partial charge >= 0.3 is 12.4 Å². The predicted molar refractivity (Wildman–Crippen MR) is 45.0 cm³/mol. The first-order chi connectivity index (χ1) is 7.64. The van der Waals surface area contributed by atoms with Crippen molar-refractivity contribution in [3.63, 3.8) is 0 Å². The molecule has 0 spiro atoms. The van der Waals surface area contributed by atoms with E-state index in [0.29, 0.717) is 4.90 Å². The quantitative estimate of drug-likeness (QED) is 0.721. The van der Waals surface area contributed by atoms with Gasteiger partial charge in [-0.15, -0.1) is 0 Å². The molecule has 0 bridgehead atoms. The first kappa shape index (κ1) is 14.1. The van der Waals surface area contributed by atoms with E-state index >= 15 is 0 Å². The summed E-state index contributed by atoms with van der Waals surface area (Å²) in [5.74, 6) is -5.85. The number of amides is 1. The lowest BCUT2D eigenvalue weighted by molar-refractivity contribution is -0.277. The summed E-state index contributed by atoms with van der Waals surface area (Å²) in [5.41, 5.74) is 0. The molecule has 1 rings (SSSR count). The molecular weight excluding hydrogens is 254 g/mol. The van der Waals surface area contributed by atoms with Gasteiger partial charge in [0.2, 0.25) is 11.8 Å². The minimum absolute atomic E-state index is 0.151. The second kappa shape index (κ2) is 4.71. The van der Waals surface area contributed by atoms with Crippen molar-refractivity contribution in [2.75, 3.05) is 26.2 Å². The Morgan fingerprint density at radius 1 is 1.00 bits per heavy atom. The zero-order valence-corrected chi connectivity index (χ0v) is 8.53. The number of halogens is 6. The average Bonchev–Trinajstić information content (AvgIpc) is 2.14. The van der Waals surface area contributed by atoms with E-state index in [-0.39, 0.29) is 26.2 Å². The van der Waals surface area contributed by atoms with Crippen molar-refractivity contribution < 1.29 is 31.1 Å².